The van der Waals surface area contributed by atoms with Crippen molar-refractivity contribution in [2.45, 2.75) is 42.4 Å². The van der Waals surface area contributed by atoms with Gasteiger partial charge in [-0.1, -0.05) is 11.2 Å². The fraction of sp³-hybridized carbons (Fsp3) is 0.364. The third kappa shape index (κ3) is 4.17. The molecule has 1 aliphatic heterocycles. The molecule has 8 heteroatoms. The zero-order chi connectivity index (χ0) is 21.3. The number of thioether (sulfide) groups is 1. The van der Waals surface area contributed by atoms with Crippen LogP contribution < -0.4 is 0 Å². The van der Waals surface area contributed by atoms with Crippen molar-refractivity contribution in [3.63, 3.8) is 0 Å². The predicted octanol–water partition coefficient (Wildman–Crippen LogP) is 4.64. The highest BCUT2D eigenvalue weighted by Crippen LogP contribution is 2.31. The lowest BCUT2D eigenvalue weighted by Gasteiger charge is -2.29. The van der Waals surface area contributed by atoms with Crippen LogP contribution in [0.3, 0.4) is 0 Å². The zero-order valence-corrected chi connectivity index (χ0v) is 19.0. The molecule has 1 fully saturated rings. The van der Waals surface area contributed by atoms with Crippen molar-refractivity contribution in [3.8, 4) is 11.4 Å². The van der Waals surface area contributed by atoms with Crippen LogP contribution >= 0.6 is 11.8 Å². The molecule has 0 N–H and O–H groups in total. The summed E-state index contributed by atoms with van der Waals surface area (Å²) in [5, 5.41) is 4.13. The second kappa shape index (κ2) is 8.53. The van der Waals surface area contributed by atoms with Crippen LogP contribution in [0.4, 0.5) is 0 Å². The van der Waals surface area contributed by atoms with Gasteiger partial charge in [0.2, 0.25) is 21.7 Å². The molecular weight excluding hydrogens is 418 g/mol. The Morgan fingerprint density at radius 3 is 2.37 bits per heavy atom. The Morgan fingerprint density at radius 1 is 1.03 bits per heavy atom. The predicted molar refractivity (Wildman–Crippen MR) is 118 cm³/mol. The summed E-state index contributed by atoms with van der Waals surface area (Å²) >= 11 is 1.68. The SMILES string of the molecule is CSc1ccc(-c2noc(C3CCN(S(=O)(=O)c4ccc(C)c(C)c4)CC3)n2)cc1. The molecule has 0 amide bonds. The summed E-state index contributed by atoms with van der Waals surface area (Å²) in [4.78, 5) is 6.11. The number of hydrogen-bond acceptors (Lipinski definition) is 6. The Hall–Kier alpha value is -2.16. The Balaban J connectivity index is 1.44. The highest BCUT2D eigenvalue weighted by Gasteiger charge is 2.32. The number of rotatable bonds is 5. The molecule has 0 atom stereocenters. The molecule has 0 aliphatic carbocycles. The van der Waals surface area contributed by atoms with Crippen molar-refractivity contribution < 1.29 is 12.9 Å². The maximum absolute atomic E-state index is 13.0. The molecule has 1 aromatic heterocycles. The van der Waals surface area contributed by atoms with Crippen molar-refractivity contribution >= 4 is 21.8 Å². The van der Waals surface area contributed by atoms with Gasteiger partial charge in [0, 0.05) is 29.5 Å². The fourth-order valence-corrected chi connectivity index (χ4v) is 5.59. The number of aromatic nitrogens is 2. The maximum atomic E-state index is 13.0. The van der Waals surface area contributed by atoms with Gasteiger partial charge in [0.1, 0.15) is 0 Å². The molecule has 1 saturated heterocycles. The third-order valence-electron chi connectivity index (χ3n) is 5.71. The van der Waals surface area contributed by atoms with Crippen LogP contribution in [-0.4, -0.2) is 42.2 Å². The molecule has 0 bridgehead atoms. The van der Waals surface area contributed by atoms with Gasteiger partial charge in [-0.15, -0.1) is 11.8 Å². The molecule has 2 aromatic carbocycles. The summed E-state index contributed by atoms with van der Waals surface area (Å²) < 4.78 is 33.1. The second-order valence-electron chi connectivity index (χ2n) is 7.61. The molecule has 3 aromatic rings. The minimum Gasteiger partial charge on any atom is -0.339 e. The van der Waals surface area contributed by atoms with Gasteiger partial charge in [-0.3, -0.25) is 0 Å². The highest BCUT2D eigenvalue weighted by molar-refractivity contribution is 7.98. The minimum absolute atomic E-state index is 0.0722. The lowest BCUT2D eigenvalue weighted by atomic mass is 9.98. The largest absolute Gasteiger partial charge is 0.339 e. The van der Waals surface area contributed by atoms with E-state index in [2.05, 4.69) is 10.1 Å². The number of sulfonamides is 1. The van der Waals surface area contributed by atoms with Gasteiger partial charge >= 0.3 is 0 Å². The van der Waals surface area contributed by atoms with Gasteiger partial charge in [0.05, 0.1) is 4.90 Å². The van der Waals surface area contributed by atoms with Crippen molar-refractivity contribution in [1.82, 2.24) is 14.4 Å². The standard InChI is InChI=1S/C22H25N3O3S2/c1-15-4-9-20(14-16(15)2)30(26,27)25-12-10-18(11-13-25)22-23-21(24-28-22)17-5-7-19(29-3)8-6-17/h4-9,14,18H,10-13H2,1-3H3. The Bertz CT molecular complexity index is 1130. The average molecular weight is 444 g/mol. The van der Waals surface area contributed by atoms with Gasteiger partial charge in [0.15, 0.2) is 0 Å². The van der Waals surface area contributed by atoms with Crippen LogP contribution in [0.5, 0.6) is 0 Å². The summed E-state index contributed by atoms with van der Waals surface area (Å²) in [7, 11) is -3.49. The van der Waals surface area contributed by atoms with E-state index in [-0.39, 0.29) is 5.92 Å². The summed E-state index contributed by atoms with van der Waals surface area (Å²) in [5.74, 6) is 1.23. The first-order valence-corrected chi connectivity index (χ1v) is 12.6. The van der Waals surface area contributed by atoms with E-state index < -0.39 is 10.0 Å². The van der Waals surface area contributed by atoms with Crippen LogP contribution in [0, 0.1) is 13.8 Å². The van der Waals surface area contributed by atoms with E-state index in [1.165, 1.54) is 4.90 Å². The topological polar surface area (TPSA) is 76.3 Å². The van der Waals surface area contributed by atoms with Gasteiger partial charge in [-0.25, -0.2) is 8.42 Å². The number of aryl methyl sites for hydroxylation is 2. The van der Waals surface area contributed by atoms with E-state index in [0.717, 1.165) is 16.7 Å². The first-order chi connectivity index (χ1) is 14.4. The van der Waals surface area contributed by atoms with E-state index in [0.29, 0.717) is 42.5 Å². The van der Waals surface area contributed by atoms with Crippen LogP contribution in [0.25, 0.3) is 11.4 Å². The van der Waals surface area contributed by atoms with Gasteiger partial charge in [-0.05, 0) is 80.5 Å². The van der Waals surface area contributed by atoms with Crippen molar-refractivity contribution in [1.29, 1.82) is 0 Å². The molecular formula is C22H25N3O3S2. The van der Waals surface area contributed by atoms with Crippen molar-refractivity contribution in [3.05, 3.63) is 59.5 Å². The molecule has 0 saturated carbocycles. The third-order valence-corrected chi connectivity index (χ3v) is 8.35. The van der Waals surface area contributed by atoms with Crippen LogP contribution in [0.15, 0.2) is 56.8 Å². The van der Waals surface area contributed by atoms with E-state index >= 15 is 0 Å². The van der Waals surface area contributed by atoms with Crippen molar-refractivity contribution in [2.75, 3.05) is 19.3 Å². The van der Waals surface area contributed by atoms with E-state index in [1.54, 1.807) is 28.2 Å². The molecule has 0 unspecified atom stereocenters. The summed E-state index contributed by atoms with van der Waals surface area (Å²) in [5.41, 5.74) is 2.98. The van der Waals surface area contributed by atoms with E-state index in [9.17, 15) is 8.42 Å². The number of benzene rings is 2. The molecule has 30 heavy (non-hydrogen) atoms. The lowest BCUT2D eigenvalue weighted by molar-refractivity contribution is 0.271. The smallest absolute Gasteiger partial charge is 0.243 e. The normalized spacial score (nSPS) is 16.1. The molecule has 1 aliphatic rings. The zero-order valence-electron chi connectivity index (χ0n) is 17.3. The van der Waals surface area contributed by atoms with Crippen molar-refractivity contribution in [2.24, 2.45) is 0 Å². The highest BCUT2D eigenvalue weighted by atomic mass is 32.2. The second-order valence-corrected chi connectivity index (χ2v) is 10.4. The minimum atomic E-state index is -3.49. The van der Waals surface area contributed by atoms with Gasteiger partial charge in [-0.2, -0.15) is 9.29 Å². The van der Waals surface area contributed by atoms with E-state index in [4.69, 9.17) is 4.52 Å². The number of hydrogen-bond donors (Lipinski definition) is 0. The monoisotopic (exact) mass is 443 g/mol. The quantitative estimate of drug-likeness (QED) is 0.535. The van der Waals surface area contributed by atoms with Crippen LogP contribution in [0.1, 0.15) is 35.8 Å². The van der Waals surface area contributed by atoms with Gasteiger partial charge < -0.3 is 4.52 Å². The van der Waals surface area contributed by atoms with E-state index in [1.807, 2.05) is 50.4 Å². The lowest BCUT2D eigenvalue weighted by Crippen LogP contribution is -2.38. The fourth-order valence-electron chi connectivity index (χ4n) is 3.62. The Labute approximate surface area is 181 Å². The van der Waals surface area contributed by atoms with Crippen LogP contribution in [-0.2, 0) is 10.0 Å². The molecule has 2 heterocycles. The summed E-state index contributed by atoms with van der Waals surface area (Å²) in [6.07, 6.45) is 3.36. The molecule has 158 valence electrons. The average Bonchev–Trinajstić information content (AvgIpc) is 3.26. The molecule has 0 spiro atoms. The van der Waals surface area contributed by atoms with Crippen LogP contribution in [0.2, 0.25) is 0 Å². The van der Waals surface area contributed by atoms with Gasteiger partial charge in [0.25, 0.3) is 0 Å². The summed E-state index contributed by atoms with van der Waals surface area (Å²) in [6.45, 7) is 4.80. The Kier molecular flexibility index (Phi) is 5.99. The molecule has 6 nitrogen and oxygen atoms in total. The molecule has 0 radical (unpaired) electrons. The number of nitrogens with zero attached hydrogens (tertiary/aromatic N) is 3. The first-order valence-electron chi connectivity index (χ1n) is 9.94. The maximum Gasteiger partial charge on any atom is 0.243 e. The first kappa shape index (κ1) is 21.1. The summed E-state index contributed by atoms with van der Waals surface area (Å²) in [6, 6.07) is 13.3. The molecule has 4 rings (SSSR count). The number of piperidine rings is 1. The Morgan fingerprint density at radius 2 is 1.73 bits per heavy atom.